The number of thioether (sulfide) groups is 2. The van der Waals surface area contributed by atoms with Crippen LogP contribution in [-0.4, -0.2) is 22.3 Å². The molecule has 0 saturated heterocycles. The summed E-state index contributed by atoms with van der Waals surface area (Å²) in [5, 5.41) is 5.24. The molecule has 0 fully saturated rings. The third kappa shape index (κ3) is 3.67. The van der Waals surface area contributed by atoms with E-state index in [0.29, 0.717) is 10.9 Å². The topological polar surface area (TPSA) is 76.7 Å². The number of carbonyl (C=O) groups is 1. The molecule has 2 aliphatic rings. The van der Waals surface area contributed by atoms with E-state index >= 15 is 0 Å². The Morgan fingerprint density at radius 1 is 1.52 bits per heavy atom. The molecule has 2 heterocycles. The Hall–Kier alpha value is -1.60. The summed E-state index contributed by atoms with van der Waals surface area (Å²) in [4.78, 5) is 16.8. The monoisotopic (exact) mass is 349 g/mol. The summed E-state index contributed by atoms with van der Waals surface area (Å²) in [6.07, 6.45) is 0.915. The number of ether oxygens (including phenoxy) is 1. The number of nitrogens with one attached hydrogen (secondary N) is 1. The van der Waals surface area contributed by atoms with E-state index in [1.807, 2.05) is 31.2 Å². The van der Waals surface area contributed by atoms with E-state index in [2.05, 4.69) is 17.2 Å². The van der Waals surface area contributed by atoms with Crippen molar-refractivity contribution in [3.05, 3.63) is 41.0 Å². The first-order valence-corrected chi connectivity index (χ1v) is 9.31. The molecular weight excluding hydrogens is 330 g/mol. The zero-order valence-corrected chi connectivity index (χ0v) is 14.7. The minimum Gasteiger partial charge on any atom is -0.473 e. The van der Waals surface area contributed by atoms with Crippen LogP contribution in [0.1, 0.15) is 25.8 Å². The highest BCUT2D eigenvalue weighted by Crippen LogP contribution is 2.36. The van der Waals surface area contributed by atoms with Crippen LogP contribution in [0.15, 0.2) is 40.4 Å². The quantitative estimate of drug-likeness (QED) is 0.876. The Balaban J connectivity index is 1.78. The van der Waals surface area contributed by atoms with Crippen molar-refractivity contribution in [2.75, 3.05) is 11.1 Å². The van der Waals surface area contributed by atoms with Crippen LogP contribution in [0.3, 0.4) is 0 Å². The molecule has 0 saturated carbocycles. The van der Waals surface area contributed by atoms with Gasteiger partial charge in [-0.05, 0) is 38.0 Å². The number of benzene rings is 1. The fourth-order valence-corrected chi connectivity index (χ4v) is 4.13. The molecule has 1 aromatic rings. The lowest BCUT2D eigenvalue weighted by Gasteiger charge is -2.30. The molecule has 23 heavy (non-hydrogen) atoms. The molecule has 122 valence electrons. The van der Waals surface area contributed by atoms with Crippen LogP contribution < -0.4 is 11.1 Å². The molecule has 2 atom stereocenters. The zero-order valence-electron chi connectivity index (χ0n) is 13.0. The van der Waals surface area contributed by atoms with Crippen molar-refractivity contribution < 1.29 is 9.53 Å². The molecule has 1 unspecified atom stereocenters. The third-order valence-electron chi connectivity index (χ3n) is 3.82. The Bertz CT molecular complexity index is 690. The minimum atomic E-state index is -0.344. The normalized spacial score (nSPS) is 27.0. The van der Waals surface area contributed by atoms with Crippen LogP contribution in [0.4, 0.5) is 5.69 Å². The summed E-state index contributed by atoms with van der Waals surface area (Å²) in [7, 11) is 0. The van der Waals surface area contributed by atoms with E-state index in [9.17, 15) is 4.79 Å². The molecule has 0 spiro atoms. The number of nitrogens with zero attached hydrogens (tertiary/aromatic N) is 1. The fourth-order valence-electron chi connectivity index (χ4n) is 2.52. The molecule has 0 aliphatic carbocycles. The van der Waals surface area contributed by atoms with Crippen molar-refractivity contribution in [1.29, 1.82) is 0 Å². The van der Waals surface area contributed by atoms with Crippen LogP contribution in [0.5, 0.6) is 0 Å². The molecule has 3 rings (SSSR count). The van der Waals surface area contributed by atoms with Gasteiger partial charge in [-0.1, -0.05) is 35.7 Å². The summed E-state index contributed by atoms with van der Waals surface area (Å²) in [6, 6.07) is 7.76. The van der Waals surface area contributed by atoms with E-state index < -0.39 is 0 Å². The fraction of sp³-hybridized carbons (Fsp3) is 0.375. The molecule has 1 amide bonds. The average molecular weight is 349 g/mol. The zero-order chi connectivity index (χ0) is 16.4. The molecule has 0 bridgehead atoms. The Kier molecular flexibility index (Phi) is 4.59. The van der Waals surface area contributed by atoms with Crippen LogP contribution in [0, 0.1) is 0 Å². The first-order chi connectivity index (χ1) is 11.0. The summed E-state index contributed by atoms with van der Waals surface area (Å²) < 4.78 is 5.45. The van der Waals surface area contributed by atoms with Crippen LogP contribution in [0.25, 0.3) is 0 Å². The average Bonchev–Trinajstić information content (AvgIpc) is 2.94. The van der Waals surface area contributed by atoms with Gasteiger partial charge in [0.1, 0.15) is 5.44 Å². The number of rotatable bonds is 3. The Morgan fingerprint density at radius 2 is 2.35 bits per heavy atom. The van der Waals surface area contributed by atoms with Gasteiger partial charge in [0.05, 0.1) is 5.54 Å². The highest BCUT2D eigenvalue weighted by Gasteiger charge is 2.29. The molecule has 7 heteroatoms. The van der Waals surface area contributed by atoms with Gasteiger partial charge in [-0.25, -0.2) is 0 Å². The Labute approximate surface area is 144 Å². The van der Waals surface area contributed by atoms with Crippen molar-refractivity contribution in [3.8, 4) is 0 Å². The van der Waals surface area contributed by atoms with E-state index in [4.69, 9.17) is 10.5 Å². The smallest absolute Gasteiger partial charge is 0.291 e. The number of amidine groups is 1. The van der Waals surface area contributed by atoms with E-state index in [0.717, 1.165) is 23.4 Å². The number of aliphatic imine (C=N–C) groups is 1. The summed E-state index contributed by atoms with van der Waals surface area (Å²) in [5.74, 6) is 1.07. The lowest BCUT2D eigenvalue weighted by molar-refractivity contribution is -0.116. The summed E-state index contributed by atoms with van der Waals surface area (Å²) in [6.45, 7) is 3.98. The lowest BCUT2D eigenvalue weighted by Crippen LogP contribution is -2.28. The van der Waals surface area contributed by atoms with Gasteiger partial charge in [0.15, 0.2) is 10.9 Å². The molecule has 2 aliphatic heterocycles. The van der Waals surface area contributed by atoms with Gasteiger partial charge in [0.25, 0.3) is 5.91 Å². The van der Waals surface area contributed by atoms with Crippen molar-refractivity contribution in [3.63, 3.8) is 0 Å². The van der Waals surface area contributed by atoms with Gasteiger partial charge < -0.3 is 15.8 Å². The second-order valence-electron chi connectivity index (χ2n) is 5.66. The predicted octanol–water partition coefficient (Wildman–Crippen LogP) is 3.24. The van der Waals surface area contributed by atoms with E-state index in [-0.39, 0.29) is 16.9 Å². The maximum atomic E-state index is 12.2. The largest absolute Gasteiger partial charge is 0.473 e. The number of anilines is 1. The number of carbonyl (C=O) groups excluding carboxylic acids is 1. The predicted molar refractivity (Wildman–Crippen MR) is 97.3 cm³/mol. The molecule has 3 N–H and O–H groups in total. The number of nitrogens with two attached hydrogens (primary N) is 1. The summed E-state index contributed by atoms with van der Waals surface area (Å²) in [5.41, 5.74) is 7.30. The van der Waals surface area contributed by atoms with E-state index in [1.165, 1.54) is 11.8 Å². The number of amides is 1. The van der Waals surface area contributed by atoms with E-state index in [1.54, 1.807) is 17.2 Å². The van der Waals surface area contributed by atoms with Crippen LogP contribution in [0.2, 0.25) is 0 Å². The maximum absolute atomic E-state index is 12.2. The van der Waals surface area contributed by atoms with Gasteiger partial charge in [0.2, 0.25) is 0 Å². The molecular formula is C16H19N3O2S2. The van der Waals surface area contributed by atoms with Gasteiger partial charge in [-0.2, -0.15) is 0 Å². The lowest BCUT2D eigenvalue weighted by atomic mass is 9.89. The van der Waals surface area contributed by atoms with Crippen LogP contribution >= 0.6 is 23.5 Å². The highest BCUT2D eigenvalue weighted by atomic mass is 32.2. The standard InChI is InChI=1S/C16H19N3O2S2/c1-10-21-13(9-23-10)14(20)18-12-5-3-4-11(8-12)16(2)6-7-22-15(17)19-16/h3-5,8-10H,6-7H2,1-2H3,(H2,17,19)(H,18,20)/t10?,16-/m0/s1. The maximum Gasteiger partial charge on any atom is 0.291 e. The number of hydrogen-bond donors (Lipinski definition) is 2. The van der Waals surface area contributed by atoms with Gasteiger partial charge in [-0.3, -0.25) is 9.79 Å². The molecule has 1 aromatic carbocycles. The third-order valence-corrected chi connectivity index (χ3v) is 5.45. The van der Waals surface area contributed by atoms with Gasteiger partial charge >= 0.3 is 0 Å². The first-order valence-electron chi connectivity index (χ1n) is 7.38. The second kappa shape index (κ2) is 6.49. The first kappa shape index (κ1) is 16.3. The molecule has 5 nitrogen and oxygen atoms in total. The summed E-state index contributed by atoms with van der Waals surface area (Å²) >= 11 is 3.07. The van der Waals surface area contributed by atoms with Crippen molar-refractivity contribution in [2.24, 2.45) is 10.7 Å². The van der Waals surface area contributed by atoms with Gasteiger partial charge in [-0.15, -0.1) is 0 Å². The van der Waals surface area contributed by atoms with Crippen LogP contribution in [-0.2, 0) is 15.1 Å². The van der Waals surface area contributed by atoms with Gasteiger partial charge in [0, 0.05) is 16.8 Å². The minimum absolute atomic E-state index is 0.0157. The SMILES string of the molecule is CC1OC(C(=O)Nc2cccc([C@]3(C)CCSC(N)=N3)c2)=CS1. The Morgan fingerprint density at radius 3 is 3.04 bits per heavy atom. The van der Waals surface area contributed by atoms with Crippen molar-refractivity contribution in [2.45, 2.75) is 31.2 Å². The van der Waals surface area contributed by atoms with Crippen molar-refractivity contribution >= 4 is 40.3 Å². The molecule has 0 radical (unpaired) electrons. The molecule has 0 aromatic heterocycles. The second-order valence-corrected chi connectivity index (χ2v) is 7.95. The van der Waals surface area contributed by atoms with Crippen molar-refractivity contribution in [1.82, 2.24) is 0 Å². The number of hydrogen-bond acceptors (Lipinski definition) is 6. The highest BCUT2D eigenvalue weighted by molar-refractivity contribution is 8.13.